The maximum Gasteiger partial charge on any atom is 0.333 e. The third-order valence-electron chi connectivity index (χ3n) is 6.84. The first kappa shape index (κ1) is 26.4. The fraction of sp³-hybridized carbons (Fsp3) is 0.800. The highest BCUT2D eigenvalue weighted by molar-refractivity contribution is 5.90. The quantitative estimate of drug-likeness (QED) is 0.432. The summed E-state index contributed by atoms with van der Waals surface area (Å²) in [7, 11) is 1.74. The summed E-state index contributed by atoms with van der Waals surface area (Å²) in [5.41, 5.74) is 0.486. The minimum atomic E-state index is -0.514. The number of ether oxygens (including phenoxy) is 1. The Morgan fingerprint density at radius 3 is 2.38 bits per heavy atom. The zero-order chi connectivity index (χ0) is 23.7. The van der Waals surface area contributed by atoms with Gasteiger partial charge < -0.3 is 15.0 Å². The fourth-order valence-corrected chi connectivity index (χ4v) is 4.88. The lowest BCUT2D eigenvalue weighted by atomic mass is 9.83. The number of amides is 2. The van der Waals surface area contributed by atoms with E-state index in [0.29, 0.717) is 24.8 Å². The van der Waals surface area contributed by atoms with Crippen molar-refractivity contribution < 1.29 is 19.1 Å². The number of carbonyl (C=O) groups is 3. The summed E-state index contributed by atoms with van der Waals surface area (Å²) >= 11 is 0. The van der Waals surface area contributed by atoms with E-state index in [0.717, 1.165) is 51.5 Å². The highest BCUT2D eigenvalue weighted by Gasteiger charge is 2.37. The third-order valence-corrected chi connectivity index (χ3v) is 6.84. The van der Waals surface area contributed by atoms with Gasteiger partial charge in [-0.05, 0) is 65.8 Å². The average Bonchev–Trinajstić information content (AvgIpc) is 2.80. The number of likely N-dealkylation sites (tertiary alicyclic amines) is 1. The van der Waals surface area contributed by atoms with Gasteiger partial charge in [0, 0.05) is 25.2 Å². The average molecular weight is 450 g/mol. The van der Waals surface area contributed by atoms with Crippen LogP contribution in [-0.2, 0) is 19.1 Å². The van der Waals surface area contributed by atoms with E-state index in [1.807, 2.05) is 0 Å². The first-order valence-corrected chi connectivity index (χ1v) is 12.4. The second-order valence-electron chi connectivity index (χ2n) is 9.55. The predicted octanol–water partition coefficient (Wildman–Crippen LogP) is 3.28. The number of esters is 1. The highest BCUT2D eigenvalue weighted by Crippen LogP contribution is 2.28. The van der Waals surface area contributed by atoms with E-state index >= 15 is 0 Å². The maximum atomic E-state index is 13.4. The second-order valence-corrected chi connectivity index (χ2v) is 9.55. The van der Waals surface area contributed by atoms with Crippen LogP contribution in [0.1, 0.15) is 79.1 Å². The molecule has 2 rings (SSSR count). The van der Waals surface area contributed by atoms with E-state index in [1.165, 1.54) is 6.42 Å². The van der Waals surface area contributed by atoms with Crippen LogP contribution >= 0.6 is 0 Å². The summed E-state index contributed by atoms with van der Waals surface area (Å²) in [4.78, 5) is 42.5. The Kier molecular flexibility index (Phi) is 10.7. The number of hydrogen-bond donors (Lipinski definition) is 1. The topological polar surface area (TPSA) is 79.0 Å². The molecule has 2 unspecified atom stereocenters. The van der Waals surface area contributed by atoms with Crippen LogP contribution in [0, 0.1) is 5.92 Å². The van der Waals surface area contributed by atoms with Gasteiger partial charge in [0.2, 0.25) is 11.8 Å². The largest absolute Gasteiger partial charge is 0.463 e. The summed E-state index contributed by atoms with van der Waals surface area (Å²) < 4.78 is 5.02. The van der Waals surface area contributed by atoms with Crippen LogP contribution in [0.25, 0.3) is 0 Å². The van der Waals surface area contributed by atoms with Crippen molar-refractivity contribution in [3.05, 3.63) is 11.6 Å². The summed E-state index contributed by atoms with van der Waals surface area (Å²) in [6.07, 6.45) is 10.0. The molecule has 7 nitrogen and oxygen atoms in total. The van der Waals surface area contributed by atoms with E-state index < -0.39 is 6.04 Å². The van der Waals surface area contributed by atoms with Crippen molar-refractivity contribution in [2.75, 3.05) is 26.7 Å². The lowest BCUT2D eigenvalue weighted by Gasteiger charge is -2.39. The molecule has 32 heavy (non-hydrogen) atoms. The second kappa shape index (κ2) is 13.0. The molecule has 2 fully saturated rings. The summed E-state index contributed by atoms with van der Waals surface area (Å²) in [5.74, 6) is -0.301. The van der Waals surface area contributed by atoms with Gasteiger partial charge in [0.15, 0.2) is 0 Å². The van der Waals surface area contributed by atoms with Crippen molar-refractivity contribution in [2.45, 2.75) is 97.2 Å². The number of nitrogens with zero attached hydrogens (tertiary/aromatic N) is 2. The molecule has 1 aliphatic heterocycles. The molecule has 1 heterocycles. The maximum absolute atomic E-state index is 13.4. The molecule has 1 N–H and O–H groups in total. The number of carbonyl (C=O) groups excluding carboxylic acids is 3. The van der Waals surface area contributed by atoms with Crippen molar-refractivity contribution in [1.29, 1.82) is 0 Å². The number of nitrogens with one attached hydrogen (secondary N) is 1. The molecule has 182 valence electrons. The Labute approximate surface area is 193 Å². The van der Waals surface area contributed by atoms with E-state index in [9.17, 15) is 14.4 Å². The van der Waals surface area contributed by atoms with Gasteiger partial charge in [-0.25, -0.2) is 4.79 Å². The van der Waals surface area contributed by atoms with Crippen LogP contribution in [0.3, 0.4) is 0 Å². The summed E-state index contributed by atoms with van der Waals surface area (Å²) in [5, 5.41) is 3.17. The molecule has 1 saturated carbocycles. The van der Waals surface area contributed by atoms with Crippen molar-refractivity contribution in [1.82, 2.24) is 15.1 Å². The van der Waals surface area contributed by atoms with E-state index in [4.69, 9.17) is 4.74 Å². The molecule has 2 aliphatic rings. The minimum Gasteiger partial charge on any atom is -0.463 e. The van der Waals surface area contributed by atoms with Gasteiger partial charge in [0.25, 0.3) is 0 Å². The van der Waals surface area contributed by atoms with Gasteiger partial charge in [-0.15, -0.1) is 0 Å². The lowest BCUT2D eigenvalue weighted by molar-refractivity contribution is -0.139. The first-order chi connectivity index (χ1) is 15.3. The smallest absolute Gasteiger partial charge is 0.333 e. The monoisotopic (exact) mass is 449 g/mol. The Hall–Kier alpha value is -1.89. The molecule has 0 aromatic rings. The number of piperidine rings is 1. The van der Waals surface area contributed by atoms with E-state index in [-0.39, 0.29) is 29.7 Å². The molecule has 2 atom stereocenters. The van der Waals surface area contributed by atoms with Gasteiger partial charge in [-0.2, -0.15) is 0 Å². The third kappa shape index (κ3) is 7.32. The van der Waals surface area contributed by atoms with Crippen molar-refractivity contribution in [3.63, 3.8) is 0 Å². The van der Waals surface area contributed by atoms with Crippen LogP contribution in [-0.4, -0.2) is 72.5 Å². The van der Waals surface area contributed by atoms with Crippen LogP contribution in [0.5, 0.6) is 0 Å². The molecule has 2 amide bonds. The molecule has 0 spiro atoms. The minimum absolute atomic E-state index is 0.0195. The Bertz CT molecular complexity index is 670. The number of likely N-dealkylation sites (N-methyl/N-ethyl adjacent to an activating group) is 1. The van der Waals surface area contributed by atoms with Crippen LogP contribution in [0.2, 0.25) is 0 Å². The molecule has 0 aromatic carbocycles. The Morgan fingerprint density at radius 2 is 1.75 bits per heavy atom. The Morgan fingerprint density at radius 1 is 1.09 bits per heavy atom. The highest BCUT2D eigenvalue weighted by atomic mass is 16.5. The lowest BCUT2D eigenvalue weighted by Crippen LogP contribution is -2.58. The first-order valence-electron chi connectivity index (χ1n) is 12.4. The number of hydrogen-bond acceptors (Lipinski definition) is 5. The summed E-state index contributed by atoms with van der Waals surface area (Å²) in [6.45, 7) is 9.27. The molecular formula is C25H43N3O4. The summed E-state index contributed by atoms with van der Waals surface area (Å²) in [6, 6.07) is -0.382. The van der Waals surface area contributed by atoms with Gasteiger partial charge in [0.05, 0.1) is 12.6 Å². The van der Waals surface area contributed by atoms with Crippen LogP contribution in [0.4, 0.5) is 0 Å². The fourth-order valence-electron chi connectivity index (χ4n) is 4.88. The van der Waals surface area contributed by atoms with Crippen molar-refractivity contribution in [3.8, 4) is 0 Å². The molecule has 1 saturated heterocycles. The predicted molar refractivity (Wildman–Crippen MR) is 126 cm³/mol. The standard InChI is InChI=1S/C25H43N3O4/c1-6-32-25(31)19(4)15-17-27(5)24(30)22(20-12-8-7-9-13-20)26-23(29)21-14-10-11-16-28(21)18(2)3/h15,18,20-22H,6-14,16-17H2,1-5H3,(H,26,29)/b19-15+. The van der Waals surface area contributed by atoms with Gasteiger partial charge in [-0.3, -0.25) is 14.5 Å². The molecule has 0 bridgehead atoms. The molecule has 0 aromatic heterocycles. The van der Waals surface area contributed by atoms with Crippen molar-refractivity contribution in [2.24, 2.45) is 5.92 Å². The van der Waals surface area contributed by atoms with E-state index in [1.54, 1.807) is 31.9 Å². The number of rotatable bonds is 9. The molecule has 7 heteroatoms. The van der Waals surface area contributed by atoms with Crippen LogP contribution in [0.15, 0.2) is 11.6 Å². The van der Waals surface area contributed by atoms with Gasteiger partial charge in [-0.1, -0.05) is 31.8 Å². The molecule has 1 aliphatic carbocycles. The zero-order valence-electron chi connectivity index (χ0n) is 20.7. The van der Waals surface area contributed by atoms with E-state index in [2.05, 4.69) is 24.1 Å². The van der Waals surface area contributed by atoms with Gasteiger partial charge >= 0.3 is 5.97 Å². The molecule has 0 radical (unpaired) electrons. The SMILES string of the molecule is CCOC(=O)/C(C)=C/CN(C)C(=O)C(NC(=O)C1CCCCN1C(C)C)C1CCCCC1. The van der Waals surface area contributed by atoms with Crippen LogP contribution < -0.4 is 5.32 Å². The van der Waals surface area contributed by atoms with Gasteiger partial charge in [0.1, 0.15) is 6.04 Å². The normalized spacial score (nSPS) is 21.8. The van der Waals surface area contributed by atoms with Crippen molar-refractivity contribution >= 4 is 17.8 Å². The molecular weight excluding hydrogens is 406 g/mol. The zero-order valence-corrected chi connectivity index (χ0v) is 20.7. The Balaban J connectivity index is 2.12.